The highest BCUT2D eigenvalue weighted by atomic mass is 32.2. The van der Waals surface area contributed by atoms with Crippen LogP contribution in [-0.4, -0.2) is 71.7 Å². The average molecular weight is 534 g/mol. The number of carboxylic acid groups (broad SMARTS) is 1. The number of thioether (sulfide) groups is 1. The number of hydrogen-bond donors (Lipinski definition) is 5. The molecule has 7 N–H and O–H groups in total. The van der Waals surface area contributed by atoms with E-state index in [2.05, 4.69) is 21.8 Å². The van der Waals surface area contributed by atoms with Crippen LogP contribution in [0.5, 0.6) is 0 Å². The number of nitrogen functional groups attached to an aromatic ring is 1. The van der Waals surface area contributed by atoms with Crippen molar-refractivity contribution in [3.63, 3.8) is 0 Å². The molecule has 0 radical (unpaired) electrons. The van der Waals surface area contributed by atoms with Crippen molar-refractivity contribution in [1.29, 1.82) is 0 Å². The van der Waals surface area contributed by atoms with Gasteiger partial charge in [-0.1, -0.05) is 48.2 Å². The molecule has 11 heteroatoms. The minimum atomic E-state index is -1.23. The summed E-state index contributed by atoms with van der Waals surface area (Å²) in [5.74, 6) is 6.42. The molecule has 0 bridgehead atoms. The SMILES string of the molecule is Nc1ncnc2c1c(C#Cc1cccc3ccccc13)cn2[C@@H]1O[C@H](CSCC[C@H](N)C(=O)O)[C@@H](O)[C@H]1O. The number of hydrogen-bond acceptors (Lipinski definition) is 9. The Kier molecular flexibility index (Phi) is 7.51. The van der Waals surface area contributed by atoms with Crippen LogP contribution in [0, 0.1) is 11.8 Å². The summed E-state index contributed by atoms with van der Waals surface area (Å²) in [6.07, 6.45) is -0.672. The van der Waals surface area contributed by atoms with Gasteiger partial charge in [0, 0.05) is 17.5 Å². The van der Waals surface area contributed by atoms with Crippen molar-refractivity contribution in [2.24, 2.45) is 5.73 Å². The summed E-state index contributed by atoms with van der Waals surface area (Å²) in [4.78, 5) is 19.4. The lowest BCUT2D eigenvalue weighted by Crippen LogP contribution is -2.33. The van der Waals surface area contributed by atoms with Gasteiger partial charge < -0.3 is 36.1 Å². The second-order valence-electron chi connectivity index (χ2n) is 9.04. The molecule has 0 amide bonds. The highest BCUT2D eigenvalue weighted by molar-refractivity contribution is 7.99. The maximum atomic E-state index is 10.9. The van der Waals surface area contributed by atoms with E-state index in [0.29, 0.717) is 28.1 Å². The minimum Gasteiger partial charge on any atom is -0.480 e. The summed E-state index contributed by atoms with van der Waals surface area (Å²) in [6, 6.07) is 13.0. The van der Waals surface area contributed by atoms with Crippen molar-refractivity contribution < 1.29 is 24.9 Å². The predicted molar refractivity (Wildman–Crippen MR) is 145 cm³/mol. The van der Waals surface area contributed by atoms with E-state index in [0.717, 1.165) is 16.3 Å². The number of nitrogens with zero attached hydrogens (tertiary/aromatic N) is 3. The molecule has 5 rings (SSSR count). The molecule has 1 fully saturated rings. The summed E-state index contributed by atoms with van der Waals surface area (Å²) in [5.41, 5.74) is 13.6. The highest BCUT2D eigenvalue weighted by Crippen LogP contribution is 2.35. The molecule has 3 heterocycles. The zero-order valence-corrected chi connectivity index (χ0v) is 21.1. The number of aliphatic carboxylic acids is 1. The van der Waals surface area contributed by atoms with Crippen LogP contribution in [0.15, 0.2) is 55.0 Å². The van der Waals surface area contributed by atoms with Crippen LogP contribution in [0.4, 0.5) is 5.82 Å². The van der Waals surface area contributed by atoms with Gasteiger partial charge in [-0.25, -0.2) is 9.97 Å². The van der Waals surface area contributed by atoms with E-state index >= 15 is 0 Å². The molecule has 0 unspecified atom stereocenters. The maximum Gasteiger partial charge on any atom is 0.320 e. The third kappa shape index (κ3) is 5.05. The molecule has 10 nitrogen and oxygen atoms in total. The predicted octanol–water partition coefficient (Wildman–Crippen LogP) is 1.72. The number of aromatic nitrogens is 3. The Morgan fingerprint density at radius 1 is 1.11 bits per heavy atom. The quantitative estimate of drug-likeness (QED) is 0.174. The zero-order valence-electron chi connectivity index (χ0n) is 20.3. The first-order chi connectivity index (χ1) is 18.3. The lowest BCUT2D eigenvalue weighted by Gasteiger charge is -2.17. The second-order valence-corrected chi connectivity index (χ2v) is 10.2. The number of aliphatic hydroxyl groups is 2. The van der Waals surface area contributed by atoms with Crippen molar-refractivity contribution in [2.45, 2.75) is 37.0 Å². The second kappa shape index (κ2) is 11.0. The van der Waals surface area contributed by atoms with Gasteiger partial charge in [0.25, 0.3) is 0 Å². The molecule has 0 aliphatic carbocycles. The summed E-state index contributed by atoms with van der Waals surface area (Å²) in [7, 11) is 0. The molecule has 5 atom stereocenters. The summed E-state index contributed by atoms with van der Waals surface area (Å²) in [6.45, 7) is 0. The molecule has 4 aromatic rings. The molecule has 38 heavy (non-hydrogen) atoms. The van der Waals surface area contributed by atoms with Crippen LogP contribution in [0.3, 0.4) is 0 Å². The molecule has 1 aliphatic heterocycles. The molecule has 196 valence electrons. The fourth-order valence-corrected chi connectivity index (χ4v) is 5.59. The summed E-state index contributed by atoms with van der Waals surface area (Å²) < 4.78 is 7.68. The fraction of sp³-hybridized carbons (Fsp3) is 0.296. The van der Waals surface area contributed by atoms with E-state index < -0.39 is 36.6 Å². The number of aliphatic hydroxyl groups excluding tert-OH is 2. The largest absolute Gasteiger partial charge is 0.480 e. The van der Waals surface area contributed by atoms with E-state index in [1.807, 2.05) is 42.5 Å². The number of fused-ring (bicyclic) bond motifs is 2. The molecule has 2 aromatic carbocycles. The summed E-state index contributed by atoms with van der Waals surface area (Å²) >= 11 is 1.40. The van der Waals surface area contributed by atoms with E-state index in [-0.39, 0.29) is 12.2 Å². The van der Waals surface area contributed by atoms with Crippen LogP contribution in [0.1, 0.15) is 23.8 Å². The van der Waals surface area contributed by atoms with Gasteiger partial charge in [0.15, 0.2) is 6.23 Å². The third-order valence-electron chi connectivity index (χ3n) is 6.54. The van der Waals surface area contributed by atoms with Gasteiger partial charge >= 0.3 is 5.97 Å². The Hall–Kier alpha value is -3.66. The van der Waals surface area contributed by atoms with Crippen molar-refractivity contribution in [3.8, 4) is 11.8 Å². The molecule has 1 saturated heterocycles. The Morgan fingerprint density at radius 2 is 1.87 bits per heavy atom. The maximum absolute atomic E-state index is 10.9. The normalized spacial score (nSPS) is 21.9. The number of nitrogens with two attached hydrogens (primary N) is 2. The molecule has 0 spiro atoms. The number of rotatable bonds is 7. The van der Waals surface area contributed by atoms with E-state index in [1.165, 1.54) is 18.1 Å². The van der Waals surface area contributed by atoms with Gasteiger partial charge in [-0.15, -0.1) is 0 Å². The number of benzene rings is 2. The van der Waals surface area contributed by atoms with Gasteiger partial charge in [0.2, 0.25) is 0 Å². The number of ether oxygens (including phenoxy) is 1. The Labute approximate surface area is 222 Å². The van der Waals surface area contributed by atoms with Crippen LogP contribution >= 0.6 is 11.8 Å². The van der Waals surface area contributed by atoms with Crippen molar-refractivity contribution in [1.82, 2.24) is 14.5 Å². The summed E-state index contributed by atoms with van der Waals surface area (Å²) in [5, 5.41) is 33.1. The fourth-order valence-electron chi connectivity index (χ4n) is 4.50. The Balaban J connectivity index is 1.42. The molecular weight excluding hydrogens is 506 g/mol. The topological polar surface area (TPSA) is 170 Å². The van der Waals surface area contributed by atoms with Gasteiger partial charge in [-0.3, -0.25) is 4.79 Å². The van der Waals surface area contributed by atoms with Gasteiger partial charge in [0.1, 0.15) is 36.0 Å². The van der Waals surface area contributed by atoms with E-state index in [4.69, 9.17) is 21.3 Å². The Morgan fingerprint density at radius 3 is 2.68 bits per heavy atom. The lowest BCUT2D eigenvalue weighted by atomic mass is 10.0. The number of anilines is 1. The van der Waals surface area contributed by atoms with Gasteiger partial charge in [-0.2, -0.15) is 11.8 Å². The van der Waals surface area contributed by atoms with Crippen molar-refractivity contribution in [2.75, 3.05) is 17.2 Å². The zero-order chi connectivity index (χ0) is 26.8. The number of carbonyl (C=O) groups is 1. The van der Waals surface area contributed by atoms with Crippen LogP contribution in [0.25, 0.3) is 21.8 Å². The highest BCUT2D eigenvalue weighted by Gasteiger charge is 2.44. The third-order valence-corrected chi connectivity index (χ3v) is 7.63. The lowest BCUT2D eigenvalue weighted by molar-refractivity contribution is -0.138. The number of carboxylic acids is 1. The van der Waals surface area contributed by atoms with Crippen molar-refractivity contribution >= 4 is 45.4 Å². The first-order valence-corrected chi connectivity index (χ1v) is 13.2. The Bertz CT molecular complexity index is 1540. The monoisotopic (exact) mass is 533 g/mol. The van der Waals surface area contributed by atoms with Crippen LogP contribution < -0.4 is 11.5 Å². The van der Waals surface area contributed by atoms with E-state index in [1.54, 1.807) is 10.8 Å². The molecular formula is C27H27N5O5S. The minimum absolute atomic E-state index is 0.242. The molecule has 2 aromatic heterocycles. The molecule has 0 saturated carbocycles. The van der Waals surface area contributed by atoms with Crippen molar-refractivity contribution in [3.05, 3.63) is 66.1 Å². The van der Waals surface area contributed by atoms with Gasteiger partial charge in [0.05, 0.1) is 17.1 Å². The van der Waals surface area contributed by atoms with E-state index in [9.17, 15) is 15.0 Å². The van der Waals surface area contributed by atoms with Crippen LogP contribution in [0.2, 0.25) is 0 Å². The van der Waals surface area contributed by atoms with Gasteiger partial charge in [-0.05, 0) is 29.0 Å². The first-order valence-electron chi connectivity index (χ1n) is 12.0. The average Bonchev–Trinajstić information content (AvgIpc) is 3.42. The van der Waals surface area contributed by atoms with Crippen LogP contribution in [-0.2, 0) is 9.53 Å². The smallest absolute Gasteiger partial charge is 0.320 e. The molecule has 1 aliphatic rings. The standard InChI is InChI=1S/C27H27N5O5S/c28-19(27(35)36)10-11-38-13-20-22(33)23(34)26(37-20)32-12-17(21-24(29)30-14-31-25(21)32)9-8-16-6-3-5-15-4-1-2-7-18(15)16/h1-7,12,14,19-20,22-23,26,33-34H,10-11,13,28H2,(H,35,36)(H2,29,30,31)/t19-,20+,22+,23+,26+/m0/s1. The first kappa shape index (κ1) is 26.0.